The normalized spacial score (nSPS) is 21.8. The van der Waals surface area contributed by atoms with E-state index in [4.69, 9.17) is 23.7 Å². The topological polar surface area (TPSA) is 86.3 Å². The molecule has 0 amide bonds. The van der Waals surface area contributed by atoms with Gasteiger partial charge in [0.1, 0.15) is 24.4 Å². The maximum Gasteiger partial charge on any atom is 0.115 e. The van der Waals surface area contributed by atoms with Gasteiger partial charge in [0, 0.05) is 12.4 Å². The van der Waals surface area contributed by atoms with E-state index in [0.29, 0.717) is 13.2 Å². The van der Waals surface area contributed by atoms with Crippen LogP contribution >= 0.6 is 0 Å². The first-order valence-corrected chi connectivity index (χ1v) is 14.6. The first-order chi connectivity index (χ1) is 21.2. The highest BCUT2D eigenvalue weighted by Gasteiger charge is 2.48. The van der Waals surface area contributed by atoms with Crippen molar-refractivity contribution >= 4 is 5.97 Å². The Morgan fingerprint density at radius 3 is 1.33 bits per heavy atom. The fourth-order valence-corrected chi connectivity index (χ4v) is 5.21. The molecule has 4 aromatic carbocycles. The van der Waals surface area contributed by atoms with Gasteiger partial charge in [-0.25, -0.2) is 0 Å². The molecular weight excluding hydrogens is 544 g/mol. The summed E-state index contributed by atoms with van der Waals surface area (Å²) in [6.45, 7) is 1.41. The van der Waals surface area contributed by atoms with Crippen LogP contribution in [0.1, 0.15) is 28.7 Å². The minimum atomic E-state index is -1.23. The fourth-order valence-electron chi connectivity index (χ4n) is 5.21. The average molecular weight is 582 g/mol. The molecule has 0 bridgehead atoms. The molecule has 0 N–H and O–H groups in total. The van der Waals surface area contributed by atoms with Crippen LogP contribution in [0.2, 0.25) is 0 Å². The number of hydrogen-bond acceptors (Lipinski definition) is 7. The molecule has 0 spiro atoms. The monoisotopic (exact) mass is 581 g/mol. The van der Waals surface area contributed by atoms with Crippen molar-refractivity contribution in [1.29, 1.82) is 0 Å². The molecule has 0 aromatic heterocycles. The summed E-state index contributed by atoms with van der Waals surface area (Å²) in [5.74, 6) is -1.23. The molecule has 0 radical (unpaired) electrons. The minimum absolute atomic E-state index is 0.175. The Morgan fingerprint density at radius 2 is 0.907 bits per heavy atom. The first-order valence-electron chi connectivity index (χ1n) is 14.6. The predicted octanol–water partition coefficient (Wildman–Crippen LogP) is 4.87. The van der Waals surface area contributed by atoms with Gasteiger partial charge in [0.25, 0.3) is 0 Å². The van der Waals surface area contributed by atoms with Crippen LogP contribution in [-0.2, 0) is 54.9 Å². The number of hydrogen-bond donors (Lipinski definition) is 0. The Balaban J connectivity index is 1.42. The molecule has 5 rings (SSSR count). The van der Waals surface area contributed by atoms with E-state index < -0.39 is 36.5 Å². The summed E-state index contributed by atoms with van der Waals surface area (Å²) in [5.41, 5.74) is 3.94. The van der Waals surface area contributed by atoms with E-state index in [0.717, 1.165) is 22.3 Å². The van der Waals surface area contributed by atoms with Crippen molar-refractivity contribution in [2.45, 2.75) is 63.4 Å². The number of carboxylic acid groups (broad SMARTS) is 1. The molecule has 5 atom stereocenters. The molecule has 0 unspecified atom stereocenters. The standard InChI is InChI=1S/C36H38O7/c37-33(38)21-31-34(40-23-28-15-7-2-8-16-28)36(42-25-30-19-11-4-12-20-30)35(41-24-29-17-9-3-10-18-29)32(43-31)26-39-22-27-13-5-1-6-14-27/h1-20,31-32,34-36H,21-26H2,(H,37,38)/p-1/t31-,32+,34-,35-,36+/m1/s1. The Bertz CT molecular complexity index is 1350. The van der Waals surface area contributed by atoms with Crippen molar-refractivity contribution in [3.8, 4) is 0 Å². The molecule has 4 aromatic rings. The third kappa shape index (κ3) is 9.32. The second kappa shape index (κ2) is 16.1. The molecule has 1 aliphatic rings. The molecule has 0 saturated carbocycles. The predicted molar refractivity (Wildman–Crippen MR) is 159 cm³/mol. The summed E-state index contributed by atoms with van der Waals surface area (Å²) in [7, 11) is 0. The lowest BCUT2D eigenvalue weighted by Gasteiger charge is -2.46. The van der Waals surface area contributed by atoms with Crippen LogP contribution in [0.25, 0.3) is 0 Å². The van der Waals surface area contributed by atoms with Crippen molar-refractivity contribution < 1.29 is 33.6 Å². The largest absolute Gasteiger partial charge is 0.550 e. The van der Waals surface area contributed by atoms with Gasteiger partial charge in [0.05, 0.1) is 39.1 Å². The van der Waals surface area contributed by atoms with E-state index in [1.807, 2.05) is 121 Å². The molecule has 1 saturated heterocycles. The van der Waals surface area contributed by atoms with E-state index in [1.54, 1.807) is 0 Å². The number of aliphatic carboxylic acids is 1. The number of rotatable bonds is 15. The summed E-state index contributed by atoms with van der Waals surface area (Å²) in [6, 6.07) is 39.3. The van der Waals surface area contributed by atoms with E-state index >= 15 is 0 Å². The lowest BCUT2D eigenvalue weighted by Crippen LogP contribution is -2.61. The summed E-state index contributed by atoms with van der Waals surface area (Å²) in [6.07, 6.45) is -3.82. The van der Waals surface area contributed by atoms with Gasteiger partial charge < -0.3 is 33.6 Å². The average Bonchev–Trinajstić information content (AvgIpc) is 3.04. The number of carbonyl (C=O) groups is 1. The lowest BCUT2D eigenvalue weighted by molar-refractivity contribution is -0.316. The fraction of sp³-hybridized carbons (Fsp3) is 0.306. The van der Waals surface area contributed by atoms with Gasteiger partial charge >= 0.3 is 0 Å². The molecular formula is C36H37O7-. The quantitative estimate of drug-likeness (QED) is 0.198. The zero-order valence-electron chi connectivity index (χ0n) is 24.0. The van der Waals surface area contributed by atoms with Gasteiger partial charge in [-0.2, -0.15) is 0 Å². The van der Waals surface area contributed by atoms with Gasteiger partial charge in [0.15, 0.2) is 0 Å². The van der Waals surface area contributed by atoms with Gasteiger partial charge in [-0.3, -0.25) is 0 Å². The Morgan fingerprint density at radius 1 is 0.535 bits per heavy atom. The minimum Gasteiger partial charge on any atom is -0.550 e. The molecule has 1 fully saturated rings. The van der Waals surface area contributed by atoms with Crippen molar-refractivity contribution in [2.75, 3.05) is 6.61 Å². The molecule has 224 valence electrons. The third-order valence-corrected chi connectivity index (χ3v) is 7.35. The molecule has 1 heterocycles. The summed E-state index contributed by atoms with van der Waals surface area (Å²) in [5, 5.41) is 11.9. The van der Waals surface area contributed by atoms with E-state index in [2.05, 4.69) is 0 Å². The molecule has 43 heavy (non-hydrogen) atoms. The van der Waals surface area contributed by atoms with Gasteiger partial charge in [-0.05, 0) is 22.3 Å². The first kappa shape index (κ1) is 30.6. The highest BCUT2D eigenvalue weighted by Crippen LogP contribution is 2.32. The van der Waals surface area contributed by atoms with Crippen LogP contribution in [0.15, 0.2) is 121 Å². The van der Waals surface area contributed by atoms with Crippen LogP contribution in [0.4, 0.5) is 0 Å². The van der Waals surface area contributed by atoms with Crippen molar-refractivity contribution in [3.63, 3.8) is 0 Å². The SMILES string of the molecule is O=C([O-])C[C@H]1O[C@@H](COCc2ccccc2)[C@@H](OCc2ccccc2)[C@@H](OCc2ccccc2)[C@@H]1OCc1ccccc1. The number of carboxylic acids is 1. The maximum absolute atomic E-state index is 11.9. The van der Waals surface area contributed by atoms with Crippen LogP contribution in [0.5, 0.6) is 0 Å². The summed E-state index contributed by atoms with van der Waals surface area (Å²) < 4.78 is 32.1. The zero-order valence-corrected chi connectivity index (χ0v) is 24.0. The second-order valence-electron chi connectivity index (χ2n) is 10.6. The van der Waals surface area contributed by atoms with Crippen LogP contribution in [0, 0.1) is 0 Å². The molecule has 0 aliphatic carbocycles. The molecule has 1 aliphatic heterocycles. The highest BCUT2D eigenvalue weighted by atomic mass is 16.6. The summed E-state index contributed by atoms with van der Waals surface area (Å²) in [4.78, 5) is 11.9. The number of ether oxygens (including phenoxy) is 5. The van der Waals surface area contributed by atoms with Crippen molar-refractivity contribution in [1.82, 2.24) is 0 Å². The van der Waals surface area contributed by atoms with Gasteiger partial charge in [0.2, 0.25) is 0 Å². The maximum atomic E-state index is 11.9. The number of benzene rings is 4. The molecule has 7 heteroatoms. The Hall–Kier alpha value is -3.85. The third-order valence-electron chi connectivity index (χ3n) is 7.35. The Labute approximate surface area is 252 Å². The van der Waals surface area contributed by atoms with Crippen LogP contribution < -0.4 is 5.11 Å². The van der Waals surface area contributed by atoms with E-state index in [1.165, 1.54) is 0 Å². The van der Waals surface area contributed by atoms with E-state index in [-0.39, 0.29) is 26.2 Å². The van der Waals surface area contributed by atoms with Gasteiger partial charge in [-0.1, -0.05) is 121 Å². The smallest absolute Gasteiger partial charge is 0.115 e. The van der Waals surface area contributed by atoms with Crippen molar-refractivity contribution in [2.24, 2.45) is 0 Å². The second-order valence-corrected chi connectivity index (χ2v) is 10.6. The lowest BCUT2D eigenvalue weighted by atomic mass is 9.92. The highest BCUT2D eigenvalue weighted by molar-refractivity contribution is 5.65. The zero-order chi connectivity index (χ0) is 29.7. The molecule has 7 nitrogen and oxygen atoms in total. The van der Waals surface area contributed by atoms with E-state index in [9.17, 15) is 9.90 Å². The van der Waals surface area contributed by atoms with Gasteiger partial charge in [-0.15, -0.1) is 0 Å². The Kier molecular flexibility index (Phi) is 11.5. The van der Waals surface area contributed by atoms with Crippen LogP contribution in [-0.4, -0.2) is 43.1 Å². The number of carbonyl (C=O) groups excluding carboxylic acids is 1. The summed E-state index contributed by atoms with van der Waals surface area (Å²) >= 11 is 0. The van der Waals surface area contributed by atoms with Crippen molar-refractivity contribution in [3.05, 3.63) is 144 Å². The van der Waals surface area contributed by atoms with Crippen LogP contribution in [0.3, 0.4) is 0 Å².